The molecule has 3 rings (SSSR count). The normalized spacial score (nSPS) is 15.2. The molecule has 1 aliphatic rings. The first-order chi connectivity index (χ1) is 12.3. The third kappa shape index (κ3) is 4.74. The van der Waals surface area contributed by atoms with E-state index in [4.69, 9.17) is 4.74 Å². The van der Waals surface area contributed by atoms with Gasteiger partial charge >= 0.3 is 0 Å². The van der Waals surface area contributed by atoms with Crippen molar-refractivity contribution in [1.29, 1.82) is 0 Å². The Kier molecular flexibility index (Phi) is 6.30. The van der Waals surface area contributed by atoms with Crippen LogP contribution < -0.4 is 15.0 Å². The highest BCUT2D eigenvalue weighted by Gasteiger charge is 2.19. The minimum atomic E-state index is 0.0380. The number of hydrogen-bond acceptors (Lipinski definition) is 5. The standard InChI is InChI=1S/C19H25N3O2S/c1-24-17-7-3-2-6-16(17)22-13-11-21(12-14-22)10-5-9-20-19(23)18-8-4-15-25-18/h2-4,6-8,15H,5,9-14H2,1H3,(H,20,23). The van der Waals surface area contributed by atoms with Crippen LogP contribution >= 0.6 is 11.3 Å². The maximum absolute atomic E-state index is 11.9. The van der Waals surface area contributed by atoms with Gasteiger partial charge in [0.2, 0.25) is 0 Å². The van der Waals surface area contributed by atoms with E-state index in [-0.39, 0.29) is 5.91 Å². The Morgan fingerprint density at radius 1 is 1.16 bits per heavy atom. The Morgan fingerprint density at radius 3 is 2.68 bits per heavy atom. The van der Waals surface area contributed by atoms with E-state index < -0.39 is 0 Å². The third-order valence-electron chi connectivity index (χ3n) is 4.48. The zero-order valence-electron chi connectivity index (χ0n) is 14.6. The third-order valence-corrected chi connectivity index (χ3v) is 5.35. The van der Waals surface area contributed by atoms with Crippen molar-refractivity contribution in [3.05, 3.63) is 46.7 Å². The van der Waals surface area contributed by atoms with Crippen molar-refractivity contribution in [2.75, 3.05) is 51.3 Å². The number of benzene rings is 1. The number of ether oxygens (including phenoxy) is 1. The topological polar surface area (TPSA) is 44.8 Å². The number of nitrogens with one attached hydrogen (secondary N) is 1. The summed E-state index contributed by atoms with van der Waals surface area (Å²) >= 11 is 1.48. The highest BCUT2D eigenvalue weighted by Crippen LogP contribution is 2.28. The highest BCUT2D eigenvalue weighted by atomic mass is 32.1. The van der Waals surface area contributed by atoms with Crippen LogP contribution in [0.4, 0.5) is 5.69 Å². The van der Waals surface area contributed by atoms with E-state index in [1.807, 2.05) is 29.6 Å². The SMILES string of the molecule is COc1ccccc1N1CCN(CCCNC(=O)c2cccs2)CC1. The van der Waals surface area contributed by atoms with Crippen LogP contribution in [0.5, 0.6) is 5.75 Å². The Bertz CT molecular complexity index is 667. The first-order valence-electron chi connectivity index (χ1n) is 8.70. The van der Waals surface area contributed by atoms with E-state index in [9.17, 15) is 4.79 Å². The van der Waals surface area contributed by atoms with Gasteiger partial charge < -0.3 is 15.0 Å². The molecule has 2 aromatic rings. The number of methoxy groups -OCH3 is 1. The van der Waals surface area contributed by atoms with Gasteiger partial charge in [-0.1, -0.05) is 18.2 Å². The van der Waals surface area contributed by atoms with Crippen molar-refractivity contribution < 1.29 is 9.53 Å². The second kappa shape index (κ2) is 8.87. The molecule has 1 fully saturated rings. The second-order valence-corrected chi connectivity index (χ2v) is 7.03. The average molecular weight is 359 g/mol. The minimum Gasteiger partial charge on any atom is -0.495 e. The predicted octanol–water partition coefficient (Wildman–Crippen LogP) is 2.70. The van der Waals surface area contributed by atoms with Gasteiger partial charge in [0, 0.05) is 32.7 Å². The Morgan fingerprint density at radius 2 is 1.96 bits per heavy atom. The lowest BCUT2D eigenvalue weighted by atomic mass is 10.2. The molecule has 1 saturated heterocycles. The molecule has 2 heterocycles. The molecule has 0 atom stereocenters. The van der Waals surface area contributed by atoms with Crippen molar-refractivity contribution in [3.8, 4) is 5.75 Å². The van der Waals surface area contributed by atoms with E-state index in [1.54, 1.807) is 7.11 Å². The van der Waals surface area contributed by atoms with Crippen LogP contribution in [0.1, 0.15) is 16.1 Å². The zero-order valence-corrected chi connectivity index (χ0v) is 15.4. The molecule has 25 heavy (non-hydrogen) atoms. The lowest BCUT2D eigenvalue weighted by molar-refractivity contribution is 0.0955. The summed E-state index contributed by atoms with van der Waals surface area (Å²) in [4.78, 5) is 17.5. The number of thiophene rings is 1. The van der Waals surface area contributed by atoms with E-state index >= 15 is 0 Å². The average Bonchev–Trinajstić information content (AvgIpc) is 3.20. The number of amides is 1. The number of nitrogens with zero attached hydrogens (tertiary/aromatic N) is 2. The molecule has 1 aliphatic heterocycles. The van der Waals surface area contributed by atoms with Crippen LogP contribution in [0.3, 0.4) is 0 Å². The van der Waals surface area contributed by atoms with Crippen LogP contribution in [-0.2, 0) is 0 Å². The molecule has 0 aliphatic carbocycles. The number of rotatable bonds is 7. The van der Waals surface area contributed by atoms with Crippen molar-refractivity contribution >= 4 is 22.9 Å². The Labute approximate surface area is 153 Å². The molecular weight excluding hydrogens is 334 g/mol. The van der Waals surface area contributed by atoms with Gasteiger partial charge in [-0.2, -0.15) is 0 Å². The summed E-state index contributed by atoms with van der Waals surface area (Å²) < 4.78 is 5.46. The highest BCUT2D eigenvalue weighted by molar-refractivity contribution is 7.12. The molecule has 1 N–H and O–H groups in total. The van der Waals surface area contributed by atoms with Crippen LogP contribution in [0.25, 0.3) is 0 Å². The van der Waals surface area contributed by atoms with Crippen LogP contribution in [0, 0.1) is 0 Å². The first-order valence-corrected chi connectivity index (χ1v) is 9.58. The summed E-state index contributed by atoms with van der Waals surface area (Å²) in [6.07, 6.45) is 0.978. The molecule has 6 heteroatoms. The number of hydrogen-bond donors (Lipinski definition) is 1. The maximum Gasteiger partial charge on any atom is 0.261 e. The fourth-order valence-electron chi connectivity index (χ4n) is 3.10. The molecule has 1 aromatic heterocycles. The molecule has 5 nitrogen and oxygen atoms in total. The van der Waals surface area contributed by atoms with Gasteiger partial charge in [-0.05, 0) is 36.5 Å². The molecule has 0 saturated carbocycles. The van der Waals surface area contributed by atoms with Crippen LogP contribution in [-0.4, -0.2) is 57.2 Å². The minimum absolute atomic E-state index is 0.0380. The lowest BCUT2D eigenvalue weighted by Crippen LogP contribution is -2.47. The largest absolute Gasteiger partial charge is 0.495 e. The monoisotopic (exact) mass is 359 g/mol. The van der Waals surface area contributed by atoms with Crippen LogP contribution in [0.2, 0.25) is 0 Å². The fraction of sp³-hybridized carbons (Fsp3) is 0.421. The number of piperazine rings is 1. The summed E-state index contributed by atoms with van der Waals surface area (Å²) in [5.74, 6) is 0.975. The van der Waals surface area contributed by atoms with Gasteiger partial charge in [-0.25, -0.2) is 0 Å². The van der Waals surface area contributed by atoms with Crippen molar-refractivity contribution in [1.82, 2.24) is 10.2 Å². The number of para-hydroxylation sites is 2. The number of carbonyl (C=O) groups is 1. The van der Waals surface area contributed by atoms with Gasteiger partial charge in [0.05, 0.1) is 17.7 Å². The predicted molar refractivity (Wildman–Crippen MR) is 103 cm³/mol. The van der Waals surface area contributed by atoms with E-state index in [0.717, 1.165) is 56.3 Å². The van der Waals surface area contributed by atoms with Crippen LogP contribution in [0.15, 0.2) is 41.8 Å². The Balaban J connectivity index is 1.37. The molecular formula is C19H25N3O2S. The van der Waals surface area contributed by atoms with Crippen molar-refractivity contribution in [3.63, 3.8) is 0 Å². The van der Waals surface area contributed by atoms with Gasteiger partial charge in [-0.15, -0.1) is 11.3 Å². The Hall–Kier alpha value is -2.05. The molecule has 134 valence electrons. The lowest BCUT2D eigenvalue weighted by Gasteiger charge is -2.36. The number of anilines is 1. The summed E-state index contributed by atoms with van der Waals surface area (Å²) in [6.45, 7) is 5.83. The van der Waals surface area contributed by atoms with Gasteiger partial charge in [-0.3, -0.25) is 9.69 Å². The number of carbonyl (C=O) groups excluding carboxylic acids is 1. The summed E-state index contributed by atoms with van der Waals surface area (Å²) in [6, 6.07) is 12.0. The zero-order chi connectivity index (χ0) is 17.5. The van der Waals surface area contributed by atoms with Gasteiger partial charge in [0.25, 0.3) is 5.91 Å². The summed E-state index contributed by atoms with van der Waals surface area (Å²) in [5, 5.41) is 4.92. The van der Waals surface area contributed by atoms with Crippen molar-refractivity contribution in [2.45, 2.75) is 6.42 Å². The van der Waals surface area contributed by atoms with E-state index in [2.05, 4.69) is 27.2 Å². The fourth-order valence-corrected chi connectivity index (χ4v) is 3.74. The molecule has 0 radical (unpaired) electrons. The summed E-state index contributed by atoms with van der Waals surface area (Å²) in [5.41, 5.74) is 1.17. The van der Waals surface area contributed by atoms with Gasteiger partial charge in [0.15, 0.2) is 0 Å². The molecule has 1 amide bonds. The quantitative estimate of drug-likeness (QED) is 0.772. The maximum atomic E-state index is 11.9. The van der Waals surface area contributed by atoms with E-state index in [1.165, 1.54) is 17.0 Å². The van der Waals surface area contributed by atoms with Crippen molar-refractivity contribution in [2.24, 2.45) is 0 Å². The molecule has 0 unspecified atom stereocenters. The van der Waals surface area contributed by atoms with Gasteiger partial charge in [0.1, 0.15) is 5.75 Å². The molecule has 0 bridgehead atoms. The van der Waals surface area contributed by atoms with E-state index in [0.29, 0.717) is 0 Å². The molecule has 1 aromatic carbocycles. The smallest absolute Gasteiger partial charge is 0.261 e. The first kappa shape index (κ1) is 17.8. The molecule has 0 spiro atoms. The second-order valence-electron chi connectivity index (χ2n) is 6.09. The summed E-state index contributed by atoms with van der Waals surface area (Å²) in [7, 11) is 1.72.